The molecule has 0 radical (unpaired) electrons. The molecule has 0 atom stereocenters. The first-order valence-electron chi connectivity index (χ1n) is 4.40. The number of ether oxygens (including phenoxy) is 2. The van der Waals surface area contributed by atoms with Crippen LogP contribution < -0.4 is 20.1 Å². The van der Waals surface area contributed by atoms with Crippen LogP contribution >= 0.6 is 11.6 Å². The molecule has 1 saturated heterocycles. The minimum Gasteiger partial charge on any atom is -0.414 e. The molecule has 3 rings (SSSR count). The van der Waals surface area contributed by atoms with Crippen LogP contribution in [0.4, 0.5) is 0 Å². The summed E-state index contributed by atoms with van der Waals surface area (Å²) in [5.74, 6) is -0.861. The van der Waals surface area contributed by atoms with E-state index in [2.05, 4.69) is 10.6 Å². The molecule has 6 nitrogen and oxygen atoms in total. The number of benzene rings is 1. The van der Waals surface area contributed by atoms with E-state index in [4.69, 9.17) is 21.1 Å². The monoisotopic (exact) mass is 240 g/mol. The lowest BCUT2D eigenvalue weighted by molar-refractivity contribution is -0.135. The van der Waals surface area contributed by atoms with Gasteiger partial charge in [-0.1, -0.05) is 11.6 Å². The highest BCUT2D eigenvalue weighted by Gasteiger charge is 2.52. The van der Waals surface area contributed by atoms with Gasteiger partial charge < -0.3 is 9.47 Å². The fourth-order valence-corrected chi connectivity index (χ4v) is 1.68. The average Bonchev–Trinajstić information content (AvgIpc) is 2.66. The second-order valence-electron chi connectivity index (χ2n) is 3.32. The highest BCUT2D eigenvalue weighted by atomic mass is 35.5. The molecule has 2 aliphatic heterocycles. The van der Waals surface area contributed by atoms with Gasteiger partial charge in [0.25, 0.3) is 0 Å². The predicted octanol–water partition coefficient (Wildman–Crippen LogP) is -0.0315. The van der Waals surface area contributed by atoms with Crippen molar-refractivity contribution in [3.05, 3.63) is 23.2 Å². The summed E-state index contributed by atoms with van der Waals surface area (Å²) >= 11 is 5.77. The second-order valence-corrected chi connectivity index (χ2v) is 3.76. The fraction of sp³-hybridized carbons (Fsp3) is 0.111. The molecule has 16 heavy (non-hydrogen) atoms. The molecule has 2 aliphatic rings. The molecule has 2 amide bonds. The minimum atomic E-state index is -1.62. The Morgan fingerprint density at radius 1 is 1.06 bits per heavy atom. The lowest BCUT2D eigenvalue weighted by atomic mass is 10.3. The van der Waals surface area contributed by atoms with E-state index in [0.717, 1.165) is 0 Å². The Kier molecular flexibility index (Phi) is 1.62. The number of fused-ring (bicyclic) bond motifs is 1. The molecule has 0 unspecified atom stereocenters. The van der Waals surface area contributed by atoms with Crippen LogP contribution in [0.2, 0.25) is 5.02 Å². The van der Waals surface area contributed by atoms with Crippen molar-refractivity contribution in [2.45, 2.75) is 6.03 Å². The summed E-state index contributed by atoms with van der Waals surface area (Å²) in [7, 11) is 0. The summed E-state index contributed by atoms with van der Waals surface area (Å²) in [6.07, 6.45) is 0. The summed E-state index contributed by atoms with van der Waals surface area (Å²) in [4.78, 5) is 22.1. The Morgan fingerprint density at radius 2 is 1.69 bits per heavy atom. The molecule has 82 valence electrons. The normalized spacial score (nSPS) is 19.8. The number of halogens is 1. The number of hydrogen-bond donors (Lipinski definition) is 2. The highest BCUT2D eigenvalue weighted by molar-refractivity contribution is 6.37. The Balaban J connectivity index is 1.96. The number of amides is 2. The van der Waals surface area contributed by atoms with Crippen LogP contribution in [-0.2, 0) is 9.59 Å². The third kappa shape index (κ3) is 1.20. The molecule has 1 aromatic carbocycles. The van der Waals surface area contributed by atoms with Crippen molar-refractivity contribution in [1.29, 1.82) is 0 Å². The number of rotatable bonds is 0. The van der Waals surface area contributed by atoms with Gasteiger partial charge in [0.15, 0.2) is 11.5 Å². The SMILES string of the molecule is O=C1NC2(NC1=O)Oc1ccc(Cl)cc1O2. The summed E-state index contributed by atoms with van der Waals surface area (Å²) in [5.41, 5.74) is 0. The molecule has 0 saturated carbocycles. The minimum absolute atomic E-state index is 0.356. The van der Waals surface area contributed by atoms with Gasteiger partial charge in [0.2, 0.25) is 0 Å². The lowest BCUT2D eigenvalue weighted by Crippen LogP contribution is -2.57. The third-order valence-corrected chi connectivity index (χ3v) is 2.41. The summed E-state index contributed by atoms with van der Waals surface area (Å²) in [6, 6.07) is 3.11. The van der Waals surface area contributed by atoms with Crippen molar-refractivity contribution in [3.8, 4) is 11.5 Å². The maximum atomic E-state index is 11.0. The van der Waals surface area contributed by atoms with Crippen LogP contribution in [0.1, 0.15) is 0 Å². The largest absolute Gasteiger partial charge is 0.435 e. The topological polar surface area (TPSA) is 76.7 Å². The number of nitrogens with one attached hydrogen (secondary N) is 2. The quantitative estimate of drug-likeness (QED) is 0.625. The maximum absolute atomic E-state index is 11.0. The van der Waals surface area contributed by atoms with E-state index in [1.165, 1.54) is 6.07 Å². The van der Waals surface area contributed by atoms with Crippen LogP contribution in [0, 0.1) is 0 Å². The molecule has 1 aromatic rings. The first-order chi connectivity index (χ1) is 7.58. The zero-order valence-electron chi connectivity index (χ0n) is 7.74. The average molecular weight is 241 g/mol. The Morgan fingerprint density at radius 3 is 2.38 bits per heavy atom. The van der Waals surface area contributed by atoms with Crippen LogP contribution in [0.25, 0.3) is 0 Å². The summed E-state index contributed by atoms with van der Waals surface area (Å²) in [6.45, 7) is 0. The van der Waals surface area contributed by atoms with E-state index in [0.29, 0.717) is 16.5 Å². The Hall–Kier alpha value is -1.95. The van der Waals surface area contributed by atoms with Crippen LogP contribution in [0.5, 0.6) is 11.5 Å². The van der Waals surface area contributed by atoms with Gasteiger partial charge in [0.05, 0.1) is 0 Å². The lowest BCUT2D eigenvalue weighted by Gasteiger charge is -2.19. The maximum Gasteiger partial charge on any atom is 0.435 e. The van der Waals surface area contributed by atoms with Gasteiger partial charge >= 0.3 is 17.8 Å². The van der Waals surface area contributed by atoms with Gasteiger partial charge in [-0.2, -0.15) is 0 Å². The second kappa shape index (κ2) is 2.79. The van der Waals surface area contributed by atoms with E-state index < -0.39 is 17.8 Å². The standard InChI is InChI=1S/C9H5ClN2O4/c10-4-1-2-5-6(3-4)16-9(15-5)11-7(13)8(14)12-9/h1-3H,(H,11,13)(H,12,14). The molecule has 2 N–H and O–H groups in total. The van der Waals surface area contributed by atoms with Crippen LogP contribution in [0.3, 0.4) is 0 Å². The molecule has 0 aliphatic carbocycles. The van der Waals surface area contributed by atoms with E-state index in [-0.39, 0.29) is 0 Å². The molecular formula is C9H5ClN2O4. The van der Waals surface area contributed by atoms with Gasteiger partial charge in [0, 0.05) is 11.1 Å². The molecule has 0 aromatic heterocycles. The van der Waals surface area contributed by atoms with Crippen molar-refractivity contribution in [2.24, 2.45) is 0 Å². The zero-order valence-corrected chi connectivity index (χ0v) is 8.50. The van der Waals surface area contributed by atoms with Gasteiger partial charge in [-0.25, -0.2) is 0 Å². The van der Waals surface area contributed by atoms with E-state index >= 15 is 0 Å². The van der Waals surface area contributed by atoms with E-state index in [9.17, 15) is 9.59 Å². The van der Waals surface area contributed by atoms with Crippen molar-refractivity contribution < 1.29 is 19.1 Å². The van der Waals surface area contributed by atoms with Gasteiger partial charge in [-0.15, -0.1) is 0 Å². The number of carbonyl (C=O) groups excluding carboxylic acids is 2. The molecule has 2 heterocycles. The van der Waals surface area contributed by atoms with Crippen LogP contribution in [0.15, 0.2) is 18.2 Å². The summed E-state index contributed by atoms with van der Waals surface area (Å²) in [5, 5.41) is 4.98. The Labute approximate surface area is 94.5 Å². The first-order valence-corrected chi connectivity index (χ1v) is 4.78. The van der Waals surface area contributed by atoms with Crippen LogP contribution in [-0.4, -0.2) is 17.8 Å². The first kappa shape index (κ1) is 9.29. The van der Waals surface area contributed by atoms with Crippen molar-refractivity contribution >= 4 is 23.4 Å². The van der Waals surface area contributed by atoms with Gasteiger partial charge in [-0.05, 0) is 12.1 Å². The third-order valence-electron chi connectivity index (χ3n) is 2.18. The van der Waals surface area contributed by atoms with Crippen molar-refractivity contribution in [1.82, 2.24) is 10.6 Å². The van der Waals surface area contributed by atoms with E-state index in [1.54, 1.807) is 12.1 Å². The van der Waals surface area contributed by atoms with Gasteiger partial charge in [0.1, 0.15) is 0 Å². The zero-order chi connectivity index (χ0) is 11.3. The molecule has 0 bridgehead atoms. The molecule has 7 heteroatoms. The fourth-order valence-electron chi connectivity index (χ4n) is 1.52. The number of carbonyl (C=O) groups is 2. The number of hydrogen-bond acceptors (Lipinski definition) is 4. The smallest absolute Gasteiger partial charge is 0.414 e. The Bertz CT molecular complexity index is 500. The van der Waals surface area contributed by atoms with E-state index in [1.807, 2.05) is 0 Å². The highest BCUT2D eigenvalue weighted by Crippen LogP contribution is 2.39. The van der Waals surface area contributed by atoms with Crippen molar-refractivity contribution in [3.63, 3.8) is 0 Å². The van der Waals surface area contributed by atoms with Gasteiger partial charge in [-0.3, -0.25) is 20.2 Å². The molecule has 1 spiro atoms. The molecular weight excluding hydrogens is 236 g/mol. The van der Waals surface area contributed by atoms with Crippen molar-refractivity contribution in [2.75, 3.05) is 0 Å². The molecule has 1 fully saturated rings. The summed E-state index contributed by atoms with van der Waals surface area (Å²) < 4.78 is 10.6. The predicted molar refractivity (Wildman–Crippen MR) is 51.7 cm³/mol.